The van der Waals surface area contributed by atoms with Crippen LogP contribution in [0.4, 0.5) is 5.82 Å². The Morgan fingerprint density at radius 3 is 2.76 bits per heavy atom. The Bertz CT molecular complexity index is 551. The summed E-state index contributed by atoms with van der Waals surface area (Å²) in [5.41, 5.74) is 9.35. The Labute approximate surface area is 131 Å². The summed E-state index contributed by atoms with van der Waals surface area (Å²) in [7, 11) is 0. The van der Waals surface area contributed by atoms with Crippen molar-refractivity contribution in [3.63, 3.8) is 0 Å². The van der Waals surface area contributed by atoms with E-state index in [0.717, 1.165) is 50.2 Å². The lowest BCUT2D eigenvalue weighted by Crippen LogP contribution is -2.38. The van der Waals surface area contributed by atoms with Gasteiger partial charge in [-0.15, -0.1) is 0 Å². The molecule has 4 nitrogen and oxygen atoms in total. The van der Waals surface area contributed by atoms with Crippen molar-refractivity contribution in [3.8, 4) is 0 Å². The van der Waals surface area contributed by atoms with Crippen molar-refractivity contribution in [2.24, 2.45) is 11.7 Å². The van der Waals surface area contributed by atoms with Gasteiger partial charge in [-0.25, -0.2) is 4.98 Å². The number of nitrogens with two attached hydrogens (primary N) is 1. The van der Waals surface area contributed by atoms with E-state index in [0.29, 0.717) is 10.9 Å². The number of hydrogen-bond donors (Lipinski definition) is 2. The molecule has 5 heteroatoms. The van der Waals surface area contributed by atoms with Crippen LogP contribution in [0.25, 0.3) is 0 Å². The normalized spacial score (nSPS) is 20.4. The van der Waals surface area contributed by atoms with E-state index in [4.69, 9.17) is 22.9 Å². The molecule has 1 unspecified atom stereocenters. The Balaban J connectivity index is 1.86. The van der Waals surface area contributed by atoms with Gasteiger partial charge in [-0.2, -0.15) is 0 Å². The van der Waals surface area contributed by atoms with Crippen molar-refractivity contribution in [1.82, 2.24) is 4.98 Å². The molecular weight excluding hydrogens is 282 g/mol. The van der Waals surface area contributed by atoms with E-state index in [1.165, 1.54) is 17.7 Å². The van der Waals surface area contributed by atoms with Gasteiger partial charge in [0.25, 0.3) is 0 Å². The molecule has 0 amide bonds. The fourth-order valence-corrected chi connectivity index (χ4v) is 3.63. The van der Waals surface area contributed by atoms with Crippen molar-refractivity contribution in [2.45, 2.75) is 45.1 Å². The van der Waals surface area contributed by atoms with E-state index in [9.17, 15) is 5.11 Å². The van der Waals surface area contributed by atoms with E-state index in [1.54, 1.807) is 0 Å². The Kier molecular flexibility index (Phi) is 4.13. The summed E-state index contributed by atoms with van der Waals surface area (Å²) < 4.78 is 0. The molecule has 0 aromatic carbocycles. The summed E-state index contributed by atoms with van der Waals surface area (Å²) in [4.78, 5) is 7.58. The molecule has 1 aromatic rings. The highest BCUT2D eigenvalue weighted by Gasteiger charge is 2.26. The highest BCUT2D eigenvalue weighted by molar-refractivity contribution is 7.80. The predicted molar refractivity (Wildman–Crippen MR) is 88.8 cm³/mol. The third-order valence-corrected chi connectivity index (χ3v) is 5.04. The summed E-state index contributed by atoms with van der Waals surface area (Å²) in [5, 5.41) is 9.73. The van der Waals surface area contributed by atoms with Crippen LogP contribution >= 0.6 is 12.2 Å². The molecule has 21 heavy (non-hydrogen) atoms. The van der Waals surface area contributed by atoms with Crippen LogP contribution in [0.15, 0.2) is 6.07 Å². The quantitative estimate of drug-likeness (QED) is 0.834. The average molecular weight is 305 g/mol. The molecule has 3 N–H and O–H groups in total. The van der Waals surface area contributed by atoms with Gasteiger partial charge < -0.3 is 15.7 Å². The Morgan fingerprint density at radius 1 is 1.43 bits per heavy atom. The molecule has 1 saturated heterocycles. The number of piperidine rings is 1. The van der Waals surface area contributed by atoms with Gasteiger partial charge in [0, 0.05) is 18.8 Å². The number of rotatable bonds is 3. The second kappa shape index (κ2) is 5.89. The zero-order valence-electron chi connectivity index (χ0n) is 12.5. The molecule has 0 saturated carbocycles. The van der Waals surface area contributed by atoms with Crippen LogP contribution in [-0.4, -0.2) is 34.3 Å². The van der Waals surface area contributed by atoms with E-state index in [2.05, 4.69) is 11.0 Å². The number of aliphatic hydroxyl groups is 1. The summed E-state index contributed by atoms with van der Waals surface area (Å²) in [5.74, 6) is 1.34. The Hall–Kier alpha value is -1.20. The maximum atomic E-state index is 9.73. The molecule has 114 valence electrons. The number of nitrogens with zero attached hydrogens (tertiary/aromatic N) is 2. The van der Waals surface area contributed by atoms with Crippen LogP contribution in [0.5, 0.6) is 0 Å². The summed E-state index contributed by atoms with van der Waals surface area (Å²) in [6.45, 7) is 3.71. The lowest BCUT2D eigenvalue weighted by Gasteiger charge is -2.35. The first kappa shape index (κ1) is 14.7. The highest BCUT2D eigenvalue weighted by Crippen LogP contribution is 2.30. The number of aromatic nitrogens is 1. The number of aryl methyl sites for hydroxylation is 2. The standard InChI is InChI=1S/C16H23N3OS/c1-10(20)11-5-7-19(8-6-11)16-13(15(17)21)9-12-3-2-4-14(12)18-16/h9-11,20H,2-8H2,1H3,(H2,17,21). The lowest BCUT2D eigenvalue weighted by atomic mass is 9.92. The molecule has 1 aliphatic heterocycles. The van der Waals surface area contributed by atoms with Gasteiger partial charge in [-0.05, 0) is 56.6 Å². The minimum absolute atomic E-state index is 0.227. The minimum atomic E-state index is -0.227. The predicted octanol–water partition coefficient (Wildman–Crippen LogP) is 1.80. The van der Waals surface area contributed by atoms with Gasteiger partial charge in [0.2, 0.25) is 0 Å². The smallest absolute Gasteiger partial charge is 0.139 e. The monoisotopic (exact) mass is 305 g/mol. The first-order valence-electron chi connectivity index (χ1n) is 7.82. The average Bonchev–Trinajstić information content (AvgIpc) is 2.93. The second-order valence-corrected chi connectivity index (χ2v) is 6.69. The third kappa shape index (κ3) is 2.90. The van der Waals surface area contributed by atoms with E-state index < -0.39 is 0 Å². The van der Waals surface area contributed by atoms with Gasteiger partial charge in [0.05, 0.1) is 11.7 Å². The van der Waals surface area contributed by atoms with Gasteiger partial charge in [-0.1, -0.05) is 12.2 Å². The van der Waals surface area contributed by atoms with Gasteiger partial charge in [-0.3, -0.25) is 0 Å². The van der Waals surface area contributed by atoms with E-state index in [1.807, 2.05) is 6.92 Å². The van der Waals surface area contributed by atoms with E-state index in [-0.39, 0.29) is 6.10 Å². The van der Waals surface area contributed by atoms with Crippen molar-refractivity contribution >= 4 is 23.0 Å². The zero-order chi connectivity index (χ0) is 15.0. The van der Waals surface area contributed by atoms with Gasteiger partial charge in [0.15, 0.2) is 0 Å². The maximum absolute atomic E-state index is 9.73. The van der Waals surface area contributed by atoms with Crippen molar-refractivity contribution < 1.29 is 5.11 Å². The number of thiocarbonyl (C=S) groups is 1. The zero-order valence-corrected chi connectivity index (χ0v) is 13.3. The second-order valence-electron chi connectivity index (χ2n) is 6.25. The molecule has 1 aromatic heterocycles. The fraction of sp³-hybridized carbons (Fsp3) is 0.625. The topological polar surface area (TPSA) is 62.4 Å². The SMILES string of the molecule is CC(O)C1CCN(c2nc3c(cc2C(N)=S)CCC3)CC1. The molecule has 0 bridgehead atoms. The first-order valence-corrected chi connectivity index (χ1v) is 8.22. The summed E-state index contributed by atoms with van der Waals surface area (Å²) in [6, 6.07) is 2.15. The highest BCUT2D eigenvalue weighted by atomic mass is 32.1. The summed E-state index contributed by atoms with van der Waals surface area (Å²) in [6.07, 6.45) is 5.08. The number of aliphatic hydroxyl groups excluding tert-OH is 1. The van der Waals surface area contributed by atoms with E-state index >= 15 is 0 Å². The fourth-order valence-electron chi connectivity index (χ4n) is 3.48. The number of fused-ring (bicyclic) bond motifs is 1. The summed E-state index contributed by atoms with van der Waals surface area (Å²) >= 11 is 5.23. The molecule has 1 aliphatic carbocycles. The van der Waals surface area contributed by atoms with Crippen molar-refractivity contribution in [2.75, 3.05) is 18.0 Å². The number of hydrogen-bond acceptors (Lipinski definition) is 4. The van der Waals surface area contributed by atoms with Crippen LogP contribution in [0.3, 0.4) is 0 Å². The largest absolute Gasteiger partial charge is 0.393 e. The molecule has 2 aliphatic rings. The molecule has 1 atom stereocenters. The van der Waals surface area contributed by atoms with Gasteiger partial charge >= 0.3 is 0 Å². The molecule has 2 heterocycles. The lowest BCUT2D eigenvalue weighted by molar-refractivity contribution is 0.110. The molecule has 1 fully saturated rings. The molecule has 0 radical (unpaired) electrons. The maximum Gasteiger partial charge on any atom is 0.139 e. The van der Waals surface area contributed by atoms with Gasteiger partial charge in [0.1, 0.15) is 10.8 Å². The number of pyridine rings is 1. The van der Waals surface area contributed by atoms with Crippen LogP contribution in [-0.2, 0) is 12.8 Å². The van der Waals surface area contributed by atoms with Crippen molar-refractivity contribution in [3.05, 3.63) is 22.9 Å². The van der Waals surface area contributed by atoms with Crippen LogP contribution in [0.1, 0.15) is 43.0 Å². The molecule has 3 rings (SSSR count). The molecular formula is C16H23N3OS. The first-order chi connectivity index (χ1) is 10.1. The van der Waals surface area contributed by atoms with Crippen LogP contribution in [0.2, 0.25) is 0 Å². The number of anilines is 1. The third-order valence-electron chi connectivity index (χ3n) is 4.82. The van der Waals surface area contributed by atoms with Crippen molar-refractivity contribution in [1.29, 1.82) is 0 Å². The van der Waals surface area contributed by atoms with Crippen LogP contribution in [0, 0.1) is 5.92 Å². The molecule has 0 spiro atoms. The minimum Gasteiger partial charge on any atom is -0.393 e. The van der Waals surface area contributed by atoms with Crippen LogP contribution < -0.4 is 10.6 Å². The Morgan fingerprint density at radius 2 is 2.14 bits per heavy atom.